The molecular weight excluding hydrogens is 1600 g/mol. The summed E-state index contributed by atoms with van der Waals surface area (Å²) in [7, 11) is 0. The average Bonchev–Trinajstić information content (AvgIpc) is 1.83. The van der Waals surface area contributed by atoms with Gasteiger partial charge in [0.15, 0.2) is 11.6 Å². The van der Waals surface area contributed by atoms with Crippen LogP contribution >= 0.6 is 99.9 Å². The quantitative estimate of drug-likeness (QED) is 0.0578. The van der Waals surface area contributed by atoms with Gasteiger partial charge in [-0.2, -0.15) is 0 Å². The molecule has 0 spiro atoms. The number of aldehydes is 1. The van der Waals surface area contributed by atoms with Gasteiger partial charge in [0.1, 0.15) is 0 Å². The number of Topliss-reactive ketones (excluding diaryl/α,β-unsaturated/α-hetero) is 4. The van der Waals surface area contributed by atoms with Crippen molar-refractivity contribution in [2.24, 2.45) is 0 Å². The minimum absolute atomic E-state index is 0.0334. The molecule has 0 radical (unpaired) electrons. The van der Waals surface area contributed by atoms with E-state index in [1.54, 1.807) is 74.6 Å². The van der Waals surface area contributed by atoms with E-state index in [0.29, 0.717) is 42.3 Å². The number of thiophene rings is 6. The number of ketones is 4. The molecule has 5 aliphatic rings. The van der Waals surface area contributed by atoms with E-state index in [0.717, 1.165) is 32.7 Å². The van der Waals surface area contributed by atoms with Crippen LogP contribution < -0.4 is 26.4 Å². The Morgan fingerprint density at radius 2 is 0.881 bits per heavy atom. The zero-order chi connectivity index (χ0) is 58.6. The van der Waals surface area contributed by atoms with Crippen LogP contribution in [0.3, 0.4) is 0 Å². The Morgan fingerprint density at radius 3 is 1.35 bits per heavy atom. The zero-order valence-electron chi connectivity index (χ0n) is 45.9. The monoisotopic (exact) mass is 1650 g/mol. The molecule has 5 nitrogen and oxygen atoms in total. The minimum atomic E-state index is -2.17. The van der Waals surface area contributed by atoms with Crippen LogP contribution in [0, 0.1) is 0 Å². The summed E-state index contributed by atoms with van der Waals surface area (Å²) in [5.41, 5.74) is 2.62. The first-order chi connectivity index (χ1) is 40.3. The first kappa shape index (κ1) is 59.3. The first-order valence-electron chi connectivity index (χ1n) is 26.8. The number of carbonyl (C=O) groups is 5. The van der Waals surface area contributed by atoms with E-state index in [9.17, 15) is 24.0 Å². The predicted molar refractivity (Wildman–Crippen MR) is 378 cm³/mol. The van der Waals surface area contributed by atoms with Crippen molar-refractivity contribution in [1.82, 2.24) is 0 Å². The summed E-state index contributed by atoms with van der Waals surface area (Å²) in [5, 5.41) is 14.9. The molecule has 3 aliphatic heterocycles. The third kappa shape index (κ3) is 10.4. The molecule has 0 amide bonds. The summed E-state index contributed by atoms with van der Waals surface area (Å²) in [6.45, 7) is 0. The maximum atomic E-state index is 13.1. The van der Waals surface area contributed by atoms with Crippen LogP contribution in [-0.2, 0) is 0 Å². The summed E-state index contributed by atoms with van der Waals surface area (Å²) in [4.78, 5) is 71.8. The molecule has 0 fully saturated rings. The van der Waals surface area contributed by atoms with Gasteiger partial charge < -0.3 is 0 Å². The predicted octanol–water partition coefficient (Wildman–Crippen LogP) is 15.9. The van der Waals surface area contributed by atoms with E-state index in [2.05, 4.69) is 147 Å². The van der Waals surface area contributed by atoms with E-state index < -0.39 is 39.8 Å². The van der Waals surface area contributed by atoms with Crippen molar-refractivity contribution in [1.29, 1.82) is 0 Å². The molecule has 12 aromatic rings. The zero-order valence-corrected chi connectivity index (χ0v) is 63.7. The van der Waals surface area contributed by atoms with Crippen molar-refractivity contribution in [2.45, 2.75) is 41.0 Å². The van der Waals surface area contributed by atoms with Gasteiger partial charge in [-0.3, -0.25) is 9.59 Å². The Kier molecular flexibility index (Phi) is 16.5. The van der Waals surface area contributed by atoms with E-state index in [1.165, 1.54) is 37.3 Å². The fourth-order valence-corrected chi connectivity index (χ4v) is 57.7. The number of fused-ring (bicyclic) bond motifs is 13. The fraction of sp³-hybridized carbons (Fsp3) is 0.106. The molecule has 416 valence electrons. The Balaban J connectivity index is 0.000000103. The molecule has 0 saturated carbocycles. The third-order valence-electron chi connectivity index (χ3n) is 16.3. The van der Waals surface area contributed by atoms with Gasteiger partial charge >= 0.3 is 372 Å². The number of hydrogen-bond acceptors (Lipinski definition) is 11. The van der Waals surface area contributed by atoms with Crippen molar-refractivity contribution < 1.29 is 24.0 Å². The van der Waals surface area contributed by atoms with Crippen molar-refractivity contribution in [3.05, 3.63) is 199 Å². The molecular formula is C66H48Br2Ge3O5S6Se2. The Labute approximate surface area is 547 Å². The Morgan fingerprint density at radius 1 is 0.452 bits per heavy atom. The molecule has 0 saturated heterocycles. The van der Waals surface area contributed by atoms with Gasteiger partial charge in [-0.15, -0.1) is 22.7 Å². The number of halogens is 2. The van der Waals surface area contributed by atoms with Crippen LogP contribution in [0.4, 0.5) is 0 Å². The molecule has 4 aromatic carbocycles. The van der Waals surface area contributed by atoms with Gasteiger partial charge in [-0.25, -0.2) is 0 Å². The second-order valence-electron chi connectivity index (χ2n) is 22.4. The number of benzene rings is 4. The fourth-order valence-electron chi connectivity index (χ4n) is 11.8. The SMILES string of the molecule is Brc1ccsc1-c1sccc1Br.O=C1CC(=O)c2cc3ccccc3cc21.[CH3][Ge]1([CH3])[c]2cc[se]c2-c2[se]c(C=C3C(=O)c4cc5ccccc5cc4C3=O)c[c]21.[CH3][Ge]1([CH3])[c]2ccsc2-c2sc(C=O)c[c]21.[CH3][Ge]1([CH3])[c]2ccsc2-c2scc[c]21. The van der Waals surface area contributed by atoms with Crippen LogP contribution in [0.15, 0.2) is 168 Å². The van der Waals surface area contributed by atoms with Gasteiger partial charge in [-0.1, -0.05) is 24.3 Å². The summed E-state index contributed by atoms with van der Waals surface area (Å²) in [6.07, 6.45) is 2.92. The van der Waals surface area contributed by atoms with Crippen LogP contribution in [0.5, 0.6) is 0 Å². The van der Waals surface area contributed by atoms with Crippen LogP contribution in [-0.4, -0.2) is 98.2 Å². The van der Waals surface area contributed by atoms with Crippen molar-refractivity contribution in [3.8, 4) is 38.1 Å². The summed E-state index contributed by atoms with van der Waals surface area (Å²) >= 11 is 12.6. The van der Waals surface area contributed by atoms with Crippen molar-refractivity contribution in [3.63, 3.8) is 0 Å². The molecule has 18 heteroatoms. The van der Waals surface area contributed by atoms with E-state index >= 15 is 0 Å². The molecule has 11 heterocycles. The molecule has 17 rings (SSSR count). The van der Waals surface area contributed by atoms with Gasteiger partial charge in [0, 0.05) is 20.1 Å². The maximum absolute atomic E-state index is 13.1. The molecule has 2 aliphatic carbocycles. The molecule has 0 unspecified atom stereocenters. The van der Waals surface area contributed by atoms with Crippen molar-refractivity contribution >= 4 is 252 Å². The van der Waals surface area contributed by atoms with E-state index in [1.807, 2.05) is 113 Å². The van der Waals surface area contributed by atoms with Gasteiger partial charge in [0.05, 0.1) is 16.2 Å². The first-order valence-corrected chi connectivity index (χ1v) is 56.1. The topological polar surface area (TPSA) is 85.3 Å². The third-order valence-corrected chi connectivity index (χ3v) is 54.6. The van der Waals surface area contributed by atoms with Gasteiger partial charge in [0.2, 0.25) is 0 Å². The van der Waals surface area contributed by atoms with Gasteiger partial charge in [0.25, 0.3) is 0 Å². The second kappa shape index (κ2) is 23.3. The summed E-state index contributed by atoms with van der Waals surface area (Å²) in [5.74, 6) is 14.4. The molecule has 8 aromatic heterocycles. The Hall–Kier alpha value is -3.72. The molecule has 0 N–H and O–H groups in total. The molecule has 84 heavy (non-hydrogen) atoms. The average molecular weight is 1650 g/mol. The van der Waals surface area contributed by atoms with Gasteiger partial charge in [-0.05, 0) is 77.7 Å². The number of carbonyl (C=O) groups excluding carboxylic acids is 5. The standard InChI is InChI=1S/C24H16GeO2Se2.C13H8O2.C11H10GeOS2.C10H10GeS2.C8H4Br2S2/c1-25(2)19-7-8-28-23(19)24-20(25)12-15(29-24)11-18-21(26)16-9-13-5-3-4-6-14(13)10-17(16)22(18)27;14-12-7-13(15)11-6-9-4-2-1-3-8(9)5-10(11)12;1-12(2)8-3-4-14-10(8)11-9(12)5-7(6-13)15-11;1-11(2)7-3-5-12-9(7)10-8(11)4-6-13-10;9-5-1-3-11-7(5)8-6(10)2-4-12-8/h3-12H,1-2H3;1-6H,7H2;3-6H,1-2H3;3-6H,1-2H3;1-4H. The number of hydrogen-bond donors (Lipinski definition) is 0. The van der Waals surface area contributed by atoms with Crippen LogP contribution in [0.2, 0.25) is 34.5 Å². The molecule has 0 bridgehead atoms. The number of allylic oxidation sites excluding steroid dienone is 1. The summed E-state index contributed by atoms with van der Waals surface area (Å²) in [6, 6.07) is 41.0. The Bertz CT molecular complexity index is 4560. The van der Waals surface area contributed by atoms with Crippen molar-refractivity contribution in [2.75, 3.05) is 0 Å². The normalized spacial score (nSPS) is 15.3. The molecule has 0 atom stereocenters. The number of rotatable bonds is 3. The summed E-state index contributed by atoms with van der Waals surface area (Å²) < 4.78 is 16.5. The van der Waals surface area contributed by atoms with Crippen LogP contribution in [0.25, 0.3) is 65.8 Å². The van der Waals surface area contributed by atoms with E-state index in [-0.39, 0.29) is 44.1 Å². The van der Waals surface area contributed by atoms with E-state index in [4.69, 9.17) is 0 Å². The second-order valence-corrected chi connectivity index (χ2v) is 61.2. The van der Waals surface area contributed by atoms with Crippen LogP contribution in [0.1, 0.15) is 62.0 Å².